The molecule has 1 atom stereocenters. The van der Waals surface area contributed by atoms with E-state index < -0.39 is 6.04 Å². The minimum absolute atomic E-state index is 0.160. The summed E-state index contributed by atoms with van der Waals surface area (Å²) in [5, 5.41) is 14.3. The number of carbonyl (C=O) groups is 2. The number of rotatable bonds is 5. The summed E-state index contributed by atoms with van der Waals surface area (Å²) in [5.74, 6) is 0.210. The summed E-state index contributed by atoms with van der Waals surface area (Å²) in [6.07, 6.45) is 2.42. The van der Waals surface area contributed by atoms with Gasteiger partial charge in [0, 0.05) is 12.6 Å². The van der Waals surface area contributed by atoms with Crippen LogP contribution in [-0.2, 0) is 9.59 Å². The van der Waals surface area contributed by atoms with Crippen LogP contribution in [0.15, 0.2) is 18.2 Å². The van der Waals surface area contributed by atoms with Crippen LogP contribution in [0.3, 0.4) is 0 Å². The highest BCUT2D eigenvalue weighted by atomic mass is 16.5. The van der Waals surface area contributed by atoms with Gasteiger partial charge in [0.15, 0.2) is 18.1 Å². The van der Waals surface area contributed by atoms with Crippen molar-refractivity contribution in [2.75, 3.05) is 20.3 Å². The van der Waals surface area contributed by atoms with Gasteiger partial charge in [0.2, 0.25) is 5.91 Å². The Hall–Kier alpha value is -2.75. The van der Waals surface area contributed by atoms with E-state index >= 15 is 0 Å². The Morgan fingerprint density at radius 2 is 2.26 bits per heavy atom. The molecular formula is C16H19N3O4. The number of nitriles is 1. The van der Waals surface area contributed by atoms with Crippen LogP contribution in [-0.4, -0.2) is 38.1 Å². The zero-order chi connectivity index (χ0) is 16.7. The van der Waals surface area contributed by atoms with E-state index in [9.17, 15) is 9.59 Å². The maximum absolute atomic E-state index is 12.0. The Morgan fingerprint density at radius 3 is 3.00 bits per heavy atom. The molecule has 1 heterocycles. The number of benzene rings is 1. The van der Waals surface area contributed by atoms with E-state index in [1.807, 2.05) is 6.07 Å². The molecule has 1 aromatic carbocycles. The minimum Gasteiger partial charge on any atom is -0.493 e. The maximum Gasteiger partial charge on any atom is 0.258 e. The van der Waals surface area contributed by atoms with E-state index in [0.717, 1.165) is 12.8 Å². The number of nitrogens with zero attached hydrogens (tertiary/aromatic N) is 1. The lowest BCUT2D eigenvalue weighted by molar-refractivity contribution is -0.129. The molecule has 0 aliphatic carbocycles. The van der Waals surface area contributed by atoms with Crippen molar-refractivity contribution >= 4 is 11.8 Å². The first-order valence-corrected chi connectivity index (χ1v) is 7.42. The highest BCUT2D eigenvalue weighted by Crippen LogP contribution is 2.27. The molecule has 0 radical (unpaired) electrons. The fourth-order valence-electron chi connectivity index (χ4n) is 2.31. The van der Waals surface area contributed by atoms with Crippen molar-refractivity contribution in [3.8, 4) is 17.6 Å². The zero-order valence-electron chi connectivity index (χ0n) is 12.9. The van der Waals surface area contributed by atoms with E-state index in [0.29, 0.717) is 30.0 Å². The van der Waals surface area contributed by atoms with Crippen molar-refractivity contribution in [1.82, 2.24) is 10.6 Å². The van der Waals surface area contributed by atoms with E-state index in [2.05, 4.69) is 10.6 Å². The van der Waals surface area contributed by atoms with E-state index in [1.165, 1.54) is 13.2 Å². The average molecular weight is 317 g/mol. The number of ether oxygens (including phenoxy) is 2. The van der Waals surface area contributed by atoms with Crippen molar-refractivity contribution < 1.29 is 19.1 Å². The lowest BCUT2D eigenvalue weighted by atomic mass is 10.1. The topological polar surface area (TPSA) is 100 Å². The average Bonchev–Trinajstić information content (AvgIpc) is 2.77. The third-order valence-corrected chi connectivity index (χ3v) is 3.52. The molecule has 1 aliphatic heterocycles. The molecule has 23 heavy (non-hydrogen) atoms. The molecule has 1 fully saturated rings. The van der Waals surface area contributed by atoms with Crippen LogP contribution >= 0.6 is 0 Å². The number of carbonyl (C=O) groups excluding carboxylic acids is 2. The van der Waals surface area contributed by atoms with Gasteiger partial charge < -0.3 is 20.1 Å². The summed E-state index contributed by atoms with van der Waals surface area (Å²) < 4.78 is 10.6. The van der Waals surface area contributed by atoms with Crippen molar-refractivity contribution in [2.24, 2.45) is 0 Å². The molecule has 2 N–H and O–H groups in total. The van der Waals surface area contributed by atoms with Crippen LogP contribution in [0.2, 0.25) is 0 Å². The zero-order valence-corrected chi connectivity index (χ0v) is 12.9. The van der Waals surface area contributed by atoms with Gasteiger partial charge in [-0.15, -0.1) is 0 Å². The molecular weight excluding hydrogens is 298 g/mol. The lowest BCUT2D eigenvalue weighted by Crippen LogP contribution is -2.46. The quantitative estimate of drug-likeness (QED) is 0.834. The number of hydrogen-bond donors (Lipinski definition) is 2. The Morgan fingerprint density at radius 1 is 1.43 bits per heavy atom. The van der Waals surface area contributed by atoms with Gasteiger partial charge >= 0.3 is 0 Å². The molecule has 0 bridgehead atoms. The third-order valence-electron chi connectivity index (χ3n) is 3.52. The van der Waals surface area contributed by atoms with Crippen molar-refractivity contribution in [3.05, 3.63) is 23.8 Å². The molecule has 1 saturated heterocycles. The van der Waals surface area contributed by atoms with Gasteiger partial charge in [0.25, 0.3) is 5.91 Å². The predicted octanol–water partition coefficient (Wildman–Crippen LogP) is 0.731. The van der Waals surface area contributed by atoms with E-state index in [4.69, 9.17) is 14.7 Å². The lowest BCUT2D eigenvalue weighted by Gasteiger charge is -2.16. The van der Waals surface area contributed by atoms with Gasteiger partial charge in [-0.25, -0.2) is 0 Å². The highest BCUT2D eigenvalue weighted by Gasteiger charge is 2.22. The number of methoxy groups -OCH3 is 1. The van der Waals surface area contributed by atoms with Gasteiger partial charge in [-0.1, -0.05) is 0 Å². The molecule has 0 saturated carbocycles. The number of hydrogen-bond acceptors (Lipinski definition) is 5. The summed E-state index contributed by atoms with van der Waals surface area (Å²) >= 11 is 0. The van der Waals surface area contributed by atoms with Crippen LogP contribution < -0.4 is 20.1 Å². The van der Waals surface area contributed by atoms with Crippen molar-refractivity contribution in [1.29, 1.82) is 5.26 Å². The van der Waals surface area contributed by atoms with E-state index in [-0.39, 0.29) is 18.4 Å². The van der Waals surface area contributed by atoms with Gasteiger partial charge in [0.05, 0.1) is 18.7 Å². The highest BCUT2D eigenvalue weighted by molar-refractivity contribution is 5.88. The van der Waals surface area contributed by atoms with Crippen LogP contribution in [0.25, 0.3) is 0 Å². The minimum atomic E-state index is -0.517. The standard InChI is InChI=1S/C16H19N3O4/c1-22-14-8-11(9-17)5-6-13(14)23-10-15(20)19-12-4-2-3-7-18-16(12)21/h5-6,8,12H,2-4,7,10H2,1H3,(H,18,21)(H,19,20)/t12-/m1/s1. The maximum atomic E-state index is 12.0. The molecule has 0 aromatic heterocycles. The van der Waals surface area contributed by atoms with Crippen LogP contribution in [0.5, 0.6) is 11.5 Å². The monoisotopic (exact) mass is 317 g/mol. The fraction of sp³-hybridized carbons (Fsp3) is 0.438. The number of amides is 2. The van der Waals surface area contributed by atoms with Gasteiger partial charge in [-0.3, -0.25) is 9.59 Å². The largest absolute Gasteiger partial charge is 0.493 e. The van der Waals surface area contributed by atoms with Crippen LogP contribution in [0.4, 0.5) is 0 Å². The van der Waals surface area contributed by atoms with E-state index in [1.54, 1.807) is 12.1 Å². The van der Waals surface area contributed by atoms with Crippen molar-refractivity contribution in [3.63, 3.8) is 0 Å². The molecule has 1 aromatic rings. The predicted molar refractivity (Wildman–Crippen MR) is 82.0 cm³/mol. The molecule has 2 amide bonds. The van der Waals surface area contributed by atoms with Crippen LogP contribution in [0.1, 0.15) is 24.8 Å². The summed E-state index contributed by atoms with van der Waals surface area (Å²) in [6.45, 7) is 0.413. The normalized spacial score (nSPS) is 17.4. The smallest absolute Gasteiger partial charge is 0.258 e. The first-order valence-electron chi connectivity index (χ1n) is 7.42. The van der Waals surface area contributed by atoms with Gasteiger partial charge in [-0.05, 0) is 31.4 Å². The van der Waals surface area contributed by atoms with Crippen molar-refractivity contribution in [2.45, 2.75) is 25.3 Å². The summed E-state index contributed by atoms with van der Waals surface area (Å²) in [6, 6.07) is 6.17. The second-order valence-corrected chi connectivity index (χ2v) is 5.17. The summed E-state index contributed by atoms with van der Waals surface area (Å²) in [5.41, 5.74) is 0.439. The second-order valence-electron chi connectivity index (χ2n) is 5.17. The Kier molecular flexibility index (Phi) is 5.80. The van der Waals surface area contributed by atoms with Gasteiger partial charge in [-0.2, -0.15) is 5.26 Å². The first-order chi connectivity index (χ1) is 11.1. The molecule has 1 aliphatic rings. The first kappa shape index (κ1) is 16.6. The Labute approximate surface area is 134 Å². The molecule has 122 valence electrons. The number of nitrogens with one attached hydrogen (secondary N) is 2. The molecule has 7 nitrogen and oxygen atoms in total. The Bertz CT molecular complexity index is 624. The third kappa shape index (κ3) is 4.61. The van der Waals surface area contributed by atoms with Crippen LogP contribution in [0, 0.1) is 11.3 Å². The molecule has 0 unspecified atom stereocenters. The Balaban J connectivity index is 1.91. The second kappa shape index (κ2) is 8.03. The SMILES string of the molecule is COc1cc(C#N)ccc1OCC(=O)N[C@@H]1CCCCNC1=O. The van der Waals surface area contributed by atoms with Gasteiger partial charge in [0.1, 0.15) is 6.04 Å². The molecule has 0 spiro atoms. The fourth-order valence-corrected chi connectivity index (χ4v) is 2.31. The molecule has 2 rings (SSSR count). The molecule has 7 heteroatoms. The summed E-state index contributed by atoms with van der Waals surface area (Å²) in [7, 11) is 1.46. The summed E-state index contributed by atoms with van der Waals surface area (Å²) in [4.78, 5) is 23.7.